The minimum absolute atomic E-state index is 0.00733. The van der Waals surface area contributed by atoms with Crippen LogP contribution in [0, 0.1) is 5.92 Å². The van der Waals surface area contributed by atoms with E-state index in [2.05, 4.69) is 20.7 Å². The van der Waals surface area contributed by atoms with Crippen LogP contribution < -0.4 is 10.1 Å². The van der Waals surface area contributed by atoms with E-state index in [0.717, 1.165) is 39.6 Å². The highest BCUT2D eigenvalue weighted by Crippen LogP contribution is 2.41. The number of para-hydroxylation sites is 1. The fraction of sp³-hybridized carbons (Fsp3) is 0.389. The van der Waals surface area contributed by atoms with Gasteiger partial charge in [-0.2, -0.15) is 0 Å². The van der Waals surface area contributed by atoms with Gasteiger partial charge >= 0.3 is 0 Å². The maximum atomic E-state index is 12.3. The first kappa shape index (κ1) is 15.3. The van der Waals surface area contributed by atoms with Crippen molar-refractivity contribution in [2.24, 2.45) is 5.92 Å². The van der Waals surface area contributed by atoms with Crippen molar-refractivity contribution in [3.05, 3.63) is 34.8 Å². The van der Waals surface area contributed by atoms with Crippen LogP contribution in [0.15, 0.2) is 29.1 Å². The van der Waals surface area contributed by atoms with Crippen LogP contribution in [-0.4, -0.2) is 22.0 Å². The van der Waals surface area contributed by atoms with E-state index in [9.17, 15) is 4.79 Å². The van der Waals surface area contributed by atoms with E-state index < -0.39 is 0 Å². The number of hydrogen-bond acceptors (Lipinski definition) is 6. The van der Waals surface area contributed by atoms with E-state index in [4.69, 9.17) is 4.74 Å². The second kappa shape index (κ2) is 6.07. The third-order valence-corrected chi connectivity index (χ3v) is 6.40. The van der Waals surface area contributed by atoms with Gasteiger partial charge in [0.05, 0.1) is 15.9 Å². The molecule has 5 rings (SSSR count). The predicted molar refractivity (Wildman–Crippen MR) is 99.5 cm³/mol. The maximum Gasteiger partial charge on any atom is 0.229 e. The van der Waals surface area contributed by atoms with E-state index in [1.807, 2.05) is 23.7 Å². The van der Waals surface area contributed by atoms with E-state index in [1.165, 1.54) is 24.2 Å². The average molecular weight is 371 g/mol. The van der Waals surface area contributed by atoms with Crippen LogP contribution in [0.3, 0.4) is 0 Å². The van der Waals surface area contributed by atoms with Crippen LogP contribution in [0.2, 0.25) is 0 Å². The fourth-order valence-corrected chi connectivity index (χ4v) is 4.62. The summed E-state index contributed by atoms with van der Waals surface area (Å²) in [6.45, 7) is 0. The number of rotatable bonds is 5. The molecule has 1 N–H and O–H groups in total. The summed E-state index contributed by atoms with van der Waals surface area (Å²) >= 11 is 3.13. The number of thiazole rings is 2. The fourth-order valence-electron chi connectivity index (χ4n) is 3.13. The normalized spacial score (nSPS) is 22.6. The van der Waals surface area contributed by atoms with Gasteiger partial charge in [0.2, 0.25) is 5.91 Å². The monoisotopic (exact) mass is 371 g/mol. The molecule has 2 saturated carbocycles. The van der Waals surface area contributed by atoms with Crippen molar-refractivity contribution in [2.75, 3.05) is 5.32 Å². The van der Waals surface area contributed by atoms with Crippen LogP contribution in [-0.2, 0) is 4.79 Å². The second-order valence-corrected chi connectivity index (χ2v) is 8.45. The minimum Gasteiger partial charge on any atom is -0.488 e. The number of nitrogens with one attached hydrogen (secondary N) is 1. The van der Waals surface area contributed by atoms with Gasteiger partial charge in [-0.3, -0.25) is 4.79 Å². The lowest BCUT2D eigenvalue weighted by molar-refractivity contribution is -0.125. The summed E-state index contributed by atoms with van der Waals surface area (Å²) in [7, 11) is 0. The van der Waals surface area contributed by atoms with Crippen molar-refractivity contribution in [1.82, 2.24) is 9.97 Å². The molecule has 128 valence electrons. The van der Waals surface area contributed by atoms with Gasteiger partial charge in [-0.1, -0.05) is 6.07 Å². The highest BCUT2D eigenvalue weighted by Gasteiger charge is 2.37. The lowest BCUT2D eigenvalue weighted by Gasteiger charge is -2.34. The molecular weight excluding hydrogens is 354 g/mol. The molecule has 0 unspecified atom stereocenters. The smallest absolute Gasteiger partial charge is 0.229 e. The Balaban J connectivity index is 1.17. The summed E-state index contributed by atoms with van der Waals surface area (Å²) in [5.41, 5.74) is 3.88. The zero-order chi connectivity index (χ0) is 16.8. The number of benzene rings is 1. The maximum absolute atomic E-state index is 12.3. The molecule has 2 aromatic heterocycles. The molecule has 1 amide bonds. The standard InChI is InChI=1S/C18H17N3O2S2/c22-17(21-18-20-13(8-24-18)10-4-5-10)11-6-12(7-11)23-14-2-1-3-15-16(14)19-9-25-15/h1-3,8-12H,4-7H2,(H,20,21,22)/t11-,12-. The van der Waals surface area contributed by atoms with Gasteiger partial charge in [-0.25, -0.2) is 9.97 Å². The lowest BCUT2D eigenvalue weighted by atomic mass is 9.81. The second-order valence-electron chi connectivity index (χ2n) is 6.70. The molecule has 5 nitrogen and oxygen atoms in total. The van der Waals surface area contributed by atoms with Crippen LogP contribution in [0.4, 0.5) is 5.13 Å². The van der Waals surface area contributed by atoms with Crippen molar-refractivity contribution in [1.29, 1.82) is 0 Å². The largest absolute Gasteiger partial charge is 0.488 e. The van der Waals surface area contributed by atoms with Crippen molar-refractivity contribution < 1.29 is 9.53 Å². The molecule has 0 spiro atoms. The Hall–Kier alpha value is -1.99. The van der Waals surface area contributed by atoms with Gasteiger partial charge in [0, 0.05) is 17.2 Å². The Kier molecular flexibility index (Phi) is 3.71. The van der Waals surface area contributed by atoms with Gasteiger partial charge < -0.3 is 10.1 Å². The molecule has 2 aliphatic carbocycles. The van der Waals surface area contributed by atoms with Gasteiger partial charge in [0.1, 0.15) is 17.4 Å². The molecule has 7 heteroatoms. The minimum atomic E-state index is 0.00733. The Labute approximate surface area is 153 Å². The van der Waals surface area contributed by atoms with E-state index >= 15 is 0 Å². The third kappa shape index (κ3) is 3.02. The zero-order valence-corrected chi connectivity index (χ0v) is 15.1. The molecule has 0 radical (unpaired) electrons. The summed E-state index contributed by atoms with van der Waals surface area (Å²) in [6.07, 6.45) is 4.02. The van der Waals surface area contributed by atoms with Gasteiger partial charge in [-0.05, 0) is 37.8 Å². The number of amides is 1. The van der Waals surface area contributed by atoms with Crippen molar-refractivity contribution in [3.63, 3.8) is 0 Å². The molecular formula is C18H17N3O2S2. The molecule has 2 heterocycles. The van der Waals surface area contributed by atoms with E-state index in [-0.39, 0.29) is 17.9 Å². The summed E-state index contributed by atoms with van der Waals surface area (Å²) in [5, 5.41) is 5.75. The number of aromatic nitrogens is 2. The quantitative estimate of drug-likeness (QED) is 0.721. The molecule has 0 atom stereocenters. The molecule has 3 aromatic rings. The van der Waals surface area contributed by atoms with Gasteiger partial charge in [0.25, 0.3) is 0 Å². The number of nitrogens with zero attached hydrogens (tertiary/aromatic N) is 2. The van der Waals surface area contributed by atoms with Crippen LogP contribution in [0.25, 0.3) is 10.2 Å². The van der Waals surface area contributed by atoms with Gasteiger partial charge in [0.15, 0.2) is 5.13 Å². The molecule has 1 aromatic carbocycles. The summed E-state index contributed by atoms with van der Waals surface area (Å²) in [4.78, 5) is 21.2. The number of hydrogen-bond donors (Lipinski definition) is 1. The number of carbonyl (C=O) groups excluding carboxylic acids is 1. The first-order valence-corrected chi connectivity index (χ1v) is 10.3. The zero-order valence-electron chi connectivity index (χ0n) is 13.5. The van der Waals surface area contributed by atoms with Crippen LogP contribution in [0.5, 0.6) is 5.75 Å². The number of fused-ring (bicyclic) bond motifs is 1. The average Bonchev–Trinajstić information content (AvgIpc) is 3.12. The molecule has 0 saturated heterocycles. The Morgan fingerprint density at radius 2 is 2.12 bits per heavy atom. The number of carbonyl (C=O) groups is 1. The highest BCUT2D eigenvalue weighted by atomic mass is 32.1. The Bertz CT molecular complexity index is 925. The van der Waals surface area contributed by atoms with E-state index in [1.54, 1.807) is 11.3 Å². The Morgan fingerprint density at radius 1 is 1.24 bits per heavy atom. The van der Waals surface area contributed by atoms with Gasteiger partial charge in [-0.15, -0.1) is 22.7 Å². The first-order chi connectivity index (χ1) is 12.3. The van der Waals surface area contributed by atoms with Crippen molar-refractivity contribution >= 4 is 43.9 Å². The SMILES string of the molecule is O=C(Nc1nc(C2CC2)cs1)[C@H]1C[C@H](Oc2cccc3scnc23)C1. The summed E-state index contributed by atoms with van der Waals surface area (Å²) in [6, 6.07) is 5.98. The van der Waals surface area contributed by atoms with Crippen LogP contribution >= 0.6 is 22.7 Å². The molecule has 2 fully saturated rings. The van der Waals surface area contributed by atoms with E-state index in [0.29, 0.717) is 5.92 Å². The Morgan fingerprint density at radius 3 is 2.96 bits per heavy atom. The highest BCUT2D eigenvalue weighted by molar-refractivity contribution is 7.16. The molecule has 0 bridgehead atoms. The number of ether oxygens (including phenoxy) is 1. The molecule has 2 aliphatic rings. The lowest BCUT2D eigenvalue weighted by Crippen LogP contribution is -2.40. The van der Waals surface area contributed by atoms with Crippen LogP contribution in [0.1, 0.15) is 37.3 Å². The topological polar surface area (TPSA) is 64.1 Å². The van der Waals surface area contributed by atoms with Crippen molar-refractivity contribution in [3.8, 4) is 5.75 Å². The first-order valence-electron chi connectivity index (χ1n) is 8.51. The molecule has 25 heavy (non-hydrogen) atoms. The predicted octanol–water partition coefficient (Wildman–Crippen LogP) is 4.43. The summed E-state index contributed by atoms with van der Waals surface area (Å²) < 4.78 is 7.17. The molecule has 0 aliphatic heterocycles. The third-order valence-electron chi connectivity index (χ3n) is 4.83. The summed E-state index contributed by atoms with van der Waals surface area (Å²) in [5.74, 6) is 1.50. The van der Waals surface area contributed by atoms with Crippen molar-refractivity contribution in [2.45, 2.75) is 37.7 Å². The number of anilines is 1.